The van der Waals surface area contributed by atoms with E-state index in [1.54, 1.807) is 30.5 Å². The number of nitro groups is 1. The van der Waals surface area contributed by atoms with Crippen molar-refractivity contribution in [3.8, 4) is 6.07 Å². The summed E-state index contributed by atoms with van der Waals surface area (Å²) in [5.74, 6) is 0.653. The SMILES string of the molecule is N#Cc1ccnc(SCc2ccc([N+](=O)[O-])cc2)c1. The number of rotatable bonds is 4. The number of hydrogen-bond acceptors (Lipinski definition) is 5. The second-order valence-corrected chi connectivity index (χ2v) is 4.70. The third kappa shape index (κ3) is 3.53. The molecule has 2 aromatic rings. The lowest BCUT2D eigenvalue weighted by atomic mass is 10.2. The molecule has 0 unspecified atom stereocenters. The highest BCUT2D eigenvalue weighted by atomic mass is 32.2. The van der Waals surface area contributed by atoms with Gasteiger partial charge in [0.1, 0.15) is 0 Å². The Morgan fingerprint density at radius 1 is 1.32 bits per heavy atom. The monoisotopic (exact) mass is 271 g/mol. The van der Waals surface area contributed by atoms with Crippen LogP contribution in [0.3, 0.4) is 0 Å². The zero-order chi connectivity index (χ0) is 13.7. The highest BCUT2D eigenvalue weighted by Gasteiger charge is 2.04. The normalized spacial score (nSPS) is 9.84. The first-order chi connectivity index (χ1) is 9.19. The summed E-state index contributed by atoms with van der Waals surface area (Å²) in [7, 11) is 0. The Morgan fingerprint density at radius 3 is 2.68 bits per heavy atom. The number of pyridine rings is 1. The van der Waals surface area contributed by atoms with Crippen LogP contribution >= 0.6 is 11.8 Å². The van der Waals surface area contributed by atoms with Crippen LogP contribution in [0, 0.1) is 21.4 Å². The van der Waals surface area contributed by atoms with E-state index in [1.807, 2.05) is 0 Å². The van der Waals surface area contributed by atoms with Gasteiger partial charge in [-0.05, 0) is 17.7 Å². The third-order valence-electron chi connectivity index (χ3n) is 2.40. The standard InChI is InChI=1S/C13H9N3O2S/c14-8-11-5-6-15-13(7-11)19-9-10-1-3-12(4-2-10)16(17)18/h1-7H,9H2. The zero-order valence-electron chi connectivity index (χ0n) is 9.81. The molecule has 5 nitrogen and oxygen atoms in total. The summed E-state index contributed by atoms with van der Waals surface area (Å²) in [5, 5.41) is 20.1. The van der Waals surface area contributed by atoms with Gasteiger partial charge in [0, 0.05) is 24.1 Å². The Balaban J connectivity index is 2.02. The maximum Gasteiger partial charge on any atom is 0.269 e. The molecule has 94 valence electrons. The van der Waals surface area contributed by atoms with Crippen LogP contribution in [0.4, 0.5) is 5.69 Å². The van der Waals surface area contributed by atoms with Gasteiger partial charge in [-0.25, -0.2) is 4.98 Å². The van der Waals surface area contributed by atoms with E-state index in [2.05, 4.69) is 11.1 Å². The van der Waals surface area contributed by atoms with Gasteiger partial charge in [-0.15, -0.1) is 11.8 Å². The van der Waals surface area contributed by atoms with Crippen LogP contribution in [0.15, 0.2) is 47.6 Å². The minimum Gasteiger partial charge on any atom is -0.258 e. The molecule has 0 radical (unpaired) electrons. The lowest BCUT2D eigenvalue weighted by Gasteiger charge is -2.01. The Hall–Kier alpha value is -2.39. The second kappa shape index (κ2) is 5.98. The van der Waals surface area contributed by atoms with Gasteiger partial charge >= 0.3 is 0 Å². The van der Waals surface area contributed by atoms with Crippen molar-refractivity contribution in [2.45, 2.75) is 10.8 Å². The number of nitro benzene ring substituents is 1. The van der Waals surface area contributed by atoms with Crippen molar-refractivity contribution >= 4 is 17.4 Å². The molecule has 1 heterocycles. The van der Waals surface area contributed by atoms with Crippen LogP contribution in [0.5, 0.6) is 0 Å². The number of non-ortho nitro benzene ring substituents is 1. The predicted octanol–water partition coefficient (Wildman–Crippen LogP) is 3.15. The first-order valence-electron chi connectivity index (χ1n) is 5.41. The maximum absolute atomic E-state index is 10.5. The molecule has 6 heteroatoms. The summed E-state index contributed by atoms with van der Waals surface area (Å²) in [6.07, 6.45) is 1.59. The molecule has 0 fully saturated rings. The van der Waals surface area contributed by atoms with Gasteiger partial charge in [0.2, 0.25) is 0 Å². The lowest BCUT2D eigenvalue weighted by Crippen LogP contribution is -1.88. The van der Waals surface area contributed by atoms with Crippen molar-refractivity contribution in [1.82, 2.24) is 4.98 Å². The van der Waals surface area contributed by atoms with Gasteiger partial charge in [-0.3, -0.25) is 10.1 Å². The molecule has 1 aromatic carbocycles. The smallest absolute Gasteiger partial charge is 0.258 e. The first kappa shape index (κ1) is 13.1. The summed E-state index contributed by atoms with van der Waals surface area (Å²) in [6, 6.07) is 11.8. The Labute approximate surface area is 114 Å². The minimum absolute atomic E-state index is 0.0818. The summed E-state index contributed by atoms with van der Waals surface area (Å²) < 4.78 is 0. The van der Waals surface area contributed by atoms with Gasteiger partial charge < -0.3 is 0 Å². The van der Waals surface area contributed by atoms with Crippen molar-refractivity contribution in [3.63, 3.8) is 0 Å². The predicted molar refractivity (Wildman–Crippen MR) is 71.6 cm³/mol. The van der Waals surface area contributed by atoms with Crippen LogP contribution in [-0.4, -0.2) is 9.91 Å². The van der Waals surface area contributed by atoms with E-state index in [0.717, 1.165) is 10.6 Å². The van der Waals surface area contributed by atoms with Gasteiger partial charge in [-0.2, -0.15) is 5.26 Å². The van der Waals surface area contributed by atoms with Crippen molar-refractivity contribution in [2.24, 2.45) is 0 Å². The minimum atomic E-state index is -0.422. The molecule has 19 heavy (non-hydrogen) atoms. The van der Waals surface area contributed by atoms with Crippen molar-refractivity contribution in [1.29, 1.82) is 5.26 Å². The van der Waals surface area contributed by atoms with E-state index in [-0.39, 0.29) is 5.69 Å². The van der Waals surface area contributed by atoms with Crippen LogP contribution in [0.25, 0.3) is 0 Å². The molecule has 1 aromatic heterocycles. The Morgan fingerprint density at radius 2 is 2.05 bits per heavy atom. The average molecular weight is 271 g/mol. The molecule has 0 saturated heterocycles. The second-order valence-electron chi connectivity index (χ2n) is 3.71. The first-order valence-corrected chi connectivity index (χ1v) is 6.40. The van der Waals surface area contributed by atoms with E-state index in [1.165, 1.54) is 23.9 Å². The Bertz CT molecular complexity index is 635. The summed E-state index contributed by atoms with van der Waals surface area (Å²) in [4.78, 5) is 14.3. The number of benzene rings is 1. The van der Waals surface area contributed by atoms with Crippen LogP contribution in [-0.2, 0) is 5.75 Å². The van der Waals surface area contributed by atoms with Crippen LogP contribution < -0.4 is 0 Å². The molecule has 2 rings (SSSR count). The van der Waals surface area contributed by atoms with Gasteiger partial charge in [0.25, 0.3) is 5.69 Å². The molecular weight excluding hydrogens is 262 g/mol. The summed E-state index contributed by atoms with van der Waals surface area (Å²) >= 11 is 1.49. The molecule has 0 aliphatic rings. The van der Waals surface area contributed by atoms with Crippen molar-refractivity contribution in [2.75, 3.05) is 0 Å². The molecule has 0 aliphatic heterocycles. The molecule has 0 saturated carbocycles. The topological polar surface area (TPSA) is 79.8 Å². The van der Waals surface area contributed by atoms with E-state index < -0.39 is 4.92 Å². The number of hydrogen-bond donors (Lipinski definition) is 0. The molecule has 0 aliphatic carbocycles. The van der Waals surface area contributed by atoms with Crippen molar-refractivity contribution in [3.05, 3.63) is 63.8 Å². The Kier molecular flexibility index (Phi) is 4.11. The summed E-state index contributed by atoms with van der Waals surface area (Å²) in [5.41, 5.74) is 1.62. The average Bonchev–Trinajstić information content (AvgIpc) is 2.46. The third-order valence-corrected chi connectivity index (χ3v) is 3.39. The van der Waals surface area contributed by atoms with Crippen LogP contribution in [0.1, 0.15) is 11.1 Å². The molecule has 0 atom stereocenters. The fraction of sp³-hybridized carbons (Fsp3) is 0.0769. The van der Waals surface area contributed by atoms with Gasteiger partial charge in [0.15, 0.2) is 0 Å². The van der Waals surface area contributed by atoms with E-state index in [9.17, 15) is 10.1 Å². The fourth-order valence-corrected chi connectivity index (χ4v) is 2.28. The van der Waals surface area contributed by atoms with Crippen molar-refractivity contribution < 1.29 is 4.92 Å². The molecule has 0 N–H and O–H groups in total. The fourth-order valence-electron chi connectivity index (χ4n) is 1.43. The number of thioether (sulfide) groups is 1. The molecule has 0 bridgehead atoms. The number of aromatic nitrogens is 1. The highest BCUT2D eigenvalue weighted by molar-refractivity contribution is 7.98. The number of nitriles is 1. The summed E-state index contributed by atoms with van der Waals surface area (Å²) in [6.45, 7) is 0. The molecule has 0 spiro atoms. The number of nitrogens with zero attached hydrogens (tertiary/aromatic N) is 3. The van der Waals surface area contributed by atoms with E-state index in [4.69, 9.17) is 5.26 Å². The van der Waals surface area contributed by atoms with Gasteiger partial charge in [-0.1, -0.05) is 12.1 Å². The van der Waals surface area contributed by atoms with E-state index >= 15 is 0 Å². The van der Waals surface area contributed by atoms with Crippen LogP contribution in [0.2, 0.25) is 0 Å². The van der Waals surface area contributed by atoms with E-state index in [0.29, 0.717) is 11.3 Å². The molecule has 0 amide bonds. The quantitative estimate of drug-likeness (QED) is 0.484. The lowest BCUT2D eigenvalue weighted by molar-refractivity contribution is -0.384. The maximum atomic E-state index is 10.5. The largest absolute Gasteiger partial charge is 0.269 e. The van der Waals surface area contributed by atoms with Gasteiger partial charge in [0.05, 0.1) is 21.6 Å². The zero-order valence-corrected chi connectivity index (χ0v) is 10.6. The highest BCUT2D eigenvalue weighted by Crippen LogP contribution is 2.22. The molecular formula is C13H9N3O2S.